The fraction of sp³-hybridized carbons (Fsp3) is 0. The third-order valence-electron chi connectivity index (χ3n) is 12.4. The molecule has 274 valence electrons. The SMILES string of the molecule is Clc1nc(-n2c3ccc(-c4cc5ccc6cccc7c6c5c(c4)n7-c4ccccc4)cc3c3c4c5ccccc5sc4c4ccccc4c32)c2c(n1)oc1ccccc12. The molecule has 59 heavy (non-hydrogen) atoms. The van der Waals surface area contributed by atoms with Gasteiger partial charge in [0.25, 0.3) is 0 Å². The maximum atomic E-state index is 6.82. The second-order valence-electron chi connectivity index (χ2n) is 15.4. The lowest BCUT2D eigenvalue weighted by Gasteiger charge is -2.12. The number of fused-ring (bicyclic) bond motifs is 13. The maximum absolute atomic E-state index is 6.82. The molecule has 14 aromatic rings. The first-order chi connectivity index (χ1) is 29.2. The van der Waals surface area contributed by atoms with Crippen LogP contribution in [-0.2, 0) is 0 Å². The van der Waals surface area contributed by atoms with Gasteiger partial charge in [0.1, 0.15) is 5.58 Å². The number of thiophene rings is 1. The molecule has 0 saturated heterocycles. The Labute approximate surface area is 343 Å². The van der Waals surface area contributed by atoms with Crippen molar-refractivity contribution in [1.82, 2.24) is 19.1 Å². The van der Waals surface area contributed by atoms with Gasteiger partial charge in [-0.15, -0.1) is 11.3 Å². The molecule has 0 unspecified atom stereocenters. The average Bonchev–Trinajstić information content (AvgIpc) is 4.03. The molecule has 0 saturated carbocycles. The Morgan fingerprint density at radius 1 is 0.475 bits per heavy atom. The van der Waals surface area contributed by atoms with Crippen molar-refractivity contribution in [2.24, 2.45) is 0 Å². The Morgan fingerprint density at radius 3 is 2.14 bits per heavy atom. The number of furan rings is 1. The molecule has 0 amide bonds. The minimum atomic E-state index is 0.136. The number of halogens is 1. The van der Waals surface area contributed by atoms with Crippen LogP contribution in [0, 0.1) is 0 Å². The van der Waals surface area contributed by atoms with Crippen LogP contribution in [0.5, 0.6) is 0 Å². The summed E-state index contributed by atoms with van der Waals surface area (Å²) in [5, 5.41) is 14.1. The smallest absolute Gasteiger partial charge is 0.233 e. The number of hydrogen-bond donors (Lipinski definition) is 0. The van der Waals surface area contributed by atoms with Crippen LogP contribution in [0.25, 0.3) is 130 Å². The number of para-hydroxylation sites is 2. The van der Waals surface area contributed by atoms with Gasteiger partial charge in [0.15, 0.2) is 5.82 Å². The van der Waals surface area contributed by atoms with Gasteiger partial charge in [0.05, 0.1) is 27.5 Å². The van der Waals surface area contributed by atoms with Gasteiger partial charge in [0.2, 0.25) is 11.0 Å². The number of benzene rings is 9. The topological polar surface area (TPSA) is 48.8 Å². The lowest BCUT2D eigenvalue weighted by atomic mass is 9.95. The van der Waals surface area contributed by atoms with Crippen LogP contribution in [0.3, 0.4) is 0 Å². The first-order valence-electron chi connectivity index (χ1n) is 19.7. The average molecular weight is 791 g/mol. The summed E-state index contributed by atoms with van der Waals surface area (Å²) in [5.74, 6) is 0.695. The van der Waals surface area contributed by atoms with Gasteiger partial charge in [-0.2, -0.15) is 9.97 Å². The van der Waals surface area contributed by atoms with Crippen molar-refractivity contribution in [2.45, 2.75) is 0 Å². The fourth-order valence-electron chi connectivity index (χ4n) is 10.0. The highest BCUT2D eigenvalue weighted by Gasteiger charge is 2.26. The molecule has 7 heteroatoms. The van der Waals surface area contributed by atoms with Crippen LogP contribution in [0.1, 0.15) is 0 Å². The van der Waals surface area contributed by atoms with Crippen LogP contribution >= 0.6 is 22.9 Å². The highest BCUT2D eigenvalue weighted by Crippen LogP contribution is 2.50. The molecule has 0 spiro atoms. The van der Waals surface area contributed by atoms with Crippen LogP contribution in [0.2, 0.25) is 5.28 Å². The normalized spacial score (nSPS) is 12.5. The van der Waals surface area contributed by atoms with Gasteiger partial charge in [-0.3, -0.25) is 4.57 Å². The van der Waals surface area contributed by atoms with Crippen molar-refractivity contribution in [2.75, 3.05) is 0 Å². The van der Waals surface area contributed by atoms with E-state index in [4.69, 9.17) is 21.0 Å². The minimum Gasteiger partial charge on any atom is -0.437 e. The Kier molecular flexibility index (Phi) is 6.17. The molecular formula is C52H27ClN4OS. The lowest BCUT2D eigenvalue weighted by Crippen LogP contribution is -2.00. The lowest BCUT2D eigenvalue weighted by molar-refractivity contribution is 0.652. The van der Waals surface area contributed by atoms with E-state index in [2.05, 4.69) is 160 Å². The molecule has 0 bridgehead atoms. The van der Waals surface area contributed by atoms with Gasteiger partial charge >= 0.3 is 0 Å². The van der Waals surface area contributed by atoms with Crippen LogP contribution in [0.4, 0.5) is 0 Å². The molecule has 0 radical (unpaired) electrons. The molecule has 5 heterocycles. The highest BCUT2D eigenvalue weighted by molar-refractivity contribution is 7.27. The summed E-state index contributed by atoms with van der Waals surface area (Å²) in [7, 11) is 0. The predicted molar refractivity (Wildman–Crippen MR) is 248 cm³/mol. The summed E-state index contributed by atoms with van der Waals surface area (Å²) in [5.41, 5.74) is 9.17. The van der Waals surface area contributed by atoms with E-state index in [-0.39, 0.29) is 5.28 Å². The van der Waals surface area contributed by atoms with E-state index in [1.165, 1.54) is 63.5 Å². The van der Waals surface area contributed by atoms with E-state index in [0.29, 0.717) is 11.5 Å². The Balaban J connectivity index is 1.16. The fourth-order valence-corrected chi connectivity index (χ4v) is 11.4. The minimum absolute atomic E-state index is 0.136. The number of hydrogen-bond acceptors (Lipinski definition) is 4. The first kappa shape index (κ1) is 31.8. The molecule has 0 aliphatic heterocycles. The molecule has 5 nitrogen and oxygen atoms in total. The summed E-state index contributed by atoms with van der Waals surface area (Å²) in [6, 6.07) is 59.2. The Morgan fingerprint density at radius 2 is 1.24 bits per heavy atom. The molecule has 0 aliphatic rings. The van der Waals surface area contributed by atoms with Gasteiger partial charge < -0.3 is 8.98 Å². The van der Waals surface area contributed by atoms with Crippen molar-refractivity contribution in [3.8, 4) is 22.6 Å². The Bertz CT molecular complexity index is 4100. The van der Waals surface area contributed by atoms with Gasteiger partial charge in [-0.25, -0.2) is 0 Å². The molecule has 5 aromatic heterocycles. The molecule has 9 aromatic carbocycles. The highest BCUT2D eigenvalue weighted by atomic mass is 35.5. The molecule has 0 N–H and O–H groups in total. The van der Waals surface area contributed by atoms with Crippen molar-refractivity contribution in [3.63, 3.8) is 0 Å². The molecule has 0 atom stereocenters. The summed E-state index contributed by atoms with van der Waals surface area (Å²) >= 11 is 8.68. The zero-order valence-corrected chi connectivity index (χ0v) is 32.6. The number of nitrogens with zero attached hydrogens (tertiary/aromatic N) is 4. The van der Waals surface area contributed by atoms with Crippen molar-refractivity contribution in [1.29, 1.82) is 0 Å². The van der Waals surface area contributed by atoms with E-state index >= 15 is 0 Å². The third-order valence-corrected chi connectivity index (χ3v) is 13.8. The first-order valence-corrected chi connectivity index (χ1v) is 20.9. The van der Waals surface area contributed by atoms with Crippen LogP contribution < -0.4 is 0 Å². The van der Waals surface area contributed by atoms with Crippen LogP contribution in [-0.4, -0.2) is 19.1 Å². The van der Waals surface area contributed by atoms with Gasteiger partial charge in [-0.05, 0) is 88.1 Å². The van der Waals surface area contributed by atoms with E-state index in [0.717, 1.165) is 55.0 Å². The second kappa shape index (κ2) is 11.4. The standard InChI is InChI=1S/C52H27ClN4OS/c53-52-54-50(47-35-16-6-8-19-41(35)58-51(47)55-52)57-38-24-23-29(26-37(38)45-46-36-17-7-9-20-42(36)59-49(46)34-15-5-4-14-33(34)48(45)57)31-25-30-22-21-28-11-10-18-39-43(28)44(30)40(27-31)56(39)32-12-2-1-3-13-32/h1-27H. The summed E-state index contributed by atoms with van der Waals surface area (Å²) in [6.45, 7) is 0. The molecular weight excluding hydrogens is 764 g/mol. The quantitative estimate of drug-likeness (QED) is 0.132. The largest absolute Gasteiger partial charge is 0.437 e. The van der Waals surface area contributed by atoms with Gasteiger partial charge in [0, 0.05) is 63.6 Å². The number of aromatic nitrogens is 4. The van der Waals surface area contributed by atoms with E-state index in [1.54, 1.807) is 0 Å². The zero-order valence-electron chi connectivity index (χ0n) is 31.1. The molecule has 0 aliphatic carbocycles. The summed E-state index contributed by atoms with van der Waals surface area (Å²) in [6.07, 6.45) is 0. The molecule has 14 rings (SSSR count). The van der Waals surface area contributed by atoms with Crippen molar-refractivity contribution < 1.29 is 4.42 Å². The third kappa shape index (κ3) is 4.19. The van der Waals surface area contributed by atoms with Crippen molar-refractivity contribution in [3.05, 3.63) is 169 Å². The number of rotatable bonds is 3. The maximum Gasteiger partial charge on any atom is 0.233 e. The second-order valence-corrected chi connectivity index (χ2v) is 16.8. The van der Waals surface area contributed by atoms with Gasteiger partial charge in [-0.1, -0.05) is 109 Å². The predicted octanol–water partition coefficient (Wildman–Crippen LogP) is 15.0. The van der Waals surface area contributed by atoms with Crippen LogP contribution in [0.15, 0.2) is 168 Å². The van der Waals surface area contributed by atoms with E-state index in [9.17, 15) is 0 Å². The van der Waals surface area contributed by atoms with E-state index in [1.807, 2.05) is 29.5 Å². The summed E-state index contributed by atoms with van der Waals surface area (Å²) < 4.78 is 13.6. The monoisotopic (exact) mass is 790 g/mol. The molecule has 0 fully saturated rings. The van der Waals surface area contributed by atoms with Crippen molar-refractivity contribution >= 4 is 130 Å². The zero-order chi connectivity index (χ0) is 38.5. The summed E-state index contributed by atoms with van der Waals surface area (Å²) in [4.78, 5) is 9.66. The van der Waals surface area contributed by atoms with E-state index < -0.39 is 0 Å². The Hall–Kier alpha value is -7.25.